The van der Waals surface area contributed by atoms with Gasteiger partial charge >= 0.3 is 0 Å². The maximum absolute atomic E-state index is 5.99. The molecule has 1 saturated heterocycles. The zero-order valence-electron chi connectivity index (χ0n) is 10.8. The van der Waals surface area contributed by atoms with Crippen LogP contribution in [0.5, 0.6) is 0 Å². The Morgan fingerprint density at radius 2 is 2.06 bits per heavy atom. The van der Waals surface area contributed by atoms with E-state index in [1.54, 1.807) is 5.57 Å². The van der Waals surface area contributed by atoms with Gasteiger partial charge in [-0.1, -0.05) is 25.5 Å². The van der Waals surface area contributed by atoms with Crippen LogP contribution in [0.15, 0.2) is 11.6 Å². The molecule has 6 atom stereocenters. The second kappa shape index (κ2) is 3.87. The average Bonchev–Trinajstić information content (AvgIpc) is 2.60. The third-order valence-corrected chi connectivity index (χ3v) is 5.28. The molecule has 0 radical (unpaired) electrons. The molecule has 0 spiro atoms. The van der Waals surface area contributed by atoms with Crippen LogP contribution in [0.3, 0.4) is 0 Å². The van der Waals surface area contributed by atoms with Crippen LogP contribution in [0.1, 0.15) is 40.0 Å². The first kappa shape index (κ1) is 10.8. The van der Waals surface area contributed by atoms with E-state index < -0.39 is 0 Å². The van der Waals surface area contributed by atoms with Crippen LogP contribution in [0, 0.1) is 29.6 Å². The highest BCUT2D eigenvalue weighted by atomic mass is 16.5. The minimum absolute atomic E-state index is 0.563. The van der Waals surface area contributed by atoms with E-state index >= 15 is 0 Å². The Morgan fingerprint density at radius 3 is 2.88 bits per heavy atom. The van der Waals surface area contributed by atoms with E-state index in [0.717, 1.165) is 36.2 Å². The SMILES string of the molecule is CC1=C[C@H]2[C@H](CC1)[C@@H](C)C[C@@H]1OC[C@@H](C)[C@H]21. The lowest BCUT2D eigenvalue weighted by atomic mass is 9.60. The van der Waals surface area contributed by atoms with Crippen molar-refractivity contribution in [3.8, 4) is 0 Å². The van der Waals surface area contributed by atoms with E-state index in [9.17, 15) is 0 Å². The Labute approximate surface area is 99.3 Å². The molecule has 0 aromatic rings. The van der Waals surface area contributed by atoms with Gasteiger partial charge in [0.15, 0.2) is 0 Å². The molecule has 1 saturated carbocycles. The smallest absolute Gasteiger partial charge is 0.0615 e. The summed E-state index contributed by atoms with van der Waals surface area (Å²) in [6.45, 7) is 8.13. The molecule has 3 rings (SSSR count). The number of rotatable bonds is 0. The summed E-state index contributed by atoms with van der Waals surface area (Å²) >= 11 is 0. The van der Waals surface area contributed by atoms with E-state index in [4.69, 9.17) is 4.74 Å². The molecular weight excluding hydrogens is 196 g/mol. The van der Waals surface area contributed by atoms with Crippen LogP contribution in [0.4, 0.5) is 0 Å². The van der Waals surface area contributed by atoms with Crippen molar-refractivity contribution < 1.29 is 4.74 Å². The molecule has 1 nitrogen and oxygen atoms in total. The summed E-state index contributed by atoms with van der Waals surface area (Å²) in [7, 11) is 0. The van der Waals surface area contributed by atoms with E-state index in [1.807, 2.05) is 0 Å². The van der Waals surface area contributed by atoms with Crippen LogP contribution >= 0.6 is 0 Å². The third kappa shape index (κ3) is 1.55. The predicted octanol–water partition coefficient (Wildman–Crippen LogP) is 3.65. The molecule has 0 bridgehead atoms. The standard InChI is InChI=1S/C15H24O/c1-9-4-5-12-10(2)7-14-15(13(12)6-9)11(3)8-16-14/h6,10-15H,4-5,7-8H2,1-3H3/t10-,11+,12+,13-,14-,15+/m0/s1. The molecule has 16 heavy (non-hydrogen) atoms. The maximum Gasteiger partial charge on any atom is 0.0615 e. The Morgan fingerprint density at radius 1 is 1.25 bits per heavy atom. The molecule has 1 aliphatic heterocycles. The second-order valence-electron chi connectivity index (χ2n) is 6.43. The van der Waals surface area contributed by atoms with E-state index in [-0.39, 0.29) is 0 Å². The molecule has 90 valence electrons. The number of allylic oxidation sites excluding steroid dienone is 2. The van der Waals surface area contributed by atoms with Gasteiger partial charge in [0.2, 0.25) is 0 Å². The maximum atomic E-state index is 5.99. The summed E-state index contributed by atoms with van der Waals surface area (Å²) in [5.74, 6) is 4.21. The zero-order chi connectivity index (χ0) is 11.3. The average molecular weight is 220 g/mol. The third-order valence-electron chi connectivity index (χ3n) is 5.28. The van der Waals surface area contributed by atoms with Crippen LogP contribution in [0.25, 0.3) is 0 Å². The molecule has 0 aromatic carbocycles. The van der Waals surface area contributed by atoms with Gasteiger partial charge in [0.1, 0.15) is 0 Å². The van der Waals surface area contributed by atoms with Crippen LogP contribution < -0.4 is 0 Å². The van der Waals surface area contributed by atoms with Gasteiger partial charge in [-0.2, -0.15) is 0 Å². The van der Waals surface area contributed by atoms with Gasteiger partial charge < -0.3 is 4.74 Å². The monoisotopic (exact) mass is 220 g/mol. The van der Waals surface area contributed by atoms with E-state index in [2.05, 4.69) is 26.8 Å². The Hall–Kier alpha value is -0.300. The number of ether oxygens (including phenoxy) is 1. The molecule has 0 aromatic heterocycles. The first-order chi connectivity index (χ1) is 7.66. The van der Waals surface area contributed by atoms with Gasteiger partial charge in [-0.15, -0.1) is 0 Å². The van der Waals surface area contributed by atoms with Crippen molar-refractivity contribution in [2.75, 3.05) is 6.61 Å². The second-order valence-corrected chi connectivity index (χ2v) is 6.43. The Kier molecular flexibility index (Phi) is 2.62. The molecule has 1 heteroatoms. The molecule has 0 N–H and O–H groups in total. The summed E-state index contributed by atoms with van der Waals surface area (Å²) in [4.78, 5) is 0. The van der Waals surface area contributed by atoms with Gasteiger partial charge in [-0.25, -0.2) is 0 Å². The van der Waals surface area contributed by atoms with Crippen molar-refractivity contribution in [3.05, 3.63) is 11.6 Å². The largest absolute Gasteiger partial charge is 0.378 e. The molecule has 0 amide bonds. The van der Waals surface area contributed by atoms with Gasteiger partial charge in [0.05, 0.1) is 6.10 Å². The Balaban J connectivity index is 1.92. The van der Waals surface area contributed by atoms with Crippen molar-refractivity contribution in [2.45, 2.75) is 46.1 Å². The quantitative estimate of drug-likeness (QED) is 0.566. The van der Waals surface area contributed by atoms with Crippen molar-refractivity contribution in [3.63, 3.8) is 0 Å². The lowest BCUT2D eigenvalue weighted by Crippen LogP contribution is -2.42. The molecule has 2 fully saturated rings. The molecular formula is C15H24O. The molecule has 3 aliphatic rings. The zero-order valence-corrected chi connectivity index (χ0v) is 10.8. The number of hydrogen-bond donors (Lipinski definition) is 0. The number of hydrogen-bond acceptors (Lipinski definition) is 1. The topological polar surface area (TPSA) is 9.23 Å². The van der Waals surface area contributed by atoms with E-state index in [0.29, 0.717) is 6.10 Å². The summed E-state index contributed by atoms with van der Waals surface area (Å²) < 4.78 is 5.99. The van der Waals surface area contributed by atoms with Gasteiger partial charge in [-0.05, 0) is 55.8 Å². The summed E-state index contributed by atoms with van der Waals surface area (Å²) in [5, 5.41) is 0. The predicted molar refractivity (Wildman–Crippen MR) is 66.1 cm³/mol. The molecule has 1 heterocycles. The molecule has 0 unspecified atom stereocenters. The summed E-state index contributed by atoms with van der Waals surface area (Å²) in [5.41, 5.74) is 1.62. The van der Waals surface area contributed by atoms with E-state index in [1.165, 1.54) is 19.3 Å². The van der Waals surface area contributed by atoms with Crippen LogP contribution in [-0.4, -0.2) is 12.7 Å². The lowest BCUT2D eigenvalue weighted by Gasteiger charge is -2.45. The Bertz CT molecular complexity index is 307. The van der Waals surface area contributed by atoms with Crippen molar-refractivity contribution in [1.82, 2.24) is 0 Å². The van der Waals surface area contributed by atoms with Gasteiger partial charge in [0.25, 0.3) is 0 Å². The van der Waals surface area contributed by atoms with Gasteiger partial charge in [0, 0.05) is 6.61 Å². The highest BCUT2D eigenvalue weighted by Gasteiger charge is 2.48. The highest BCUT2D eigenvalue weighted by molar-refractivity contribution is 5.13. The summed E-state index contributed by atoms with van der Waals surface area (Å²) in [6.07, 6.45) is 7.21. The first-order valence-corrected chi connectivity index (χ1v) is 6.95. The van der Waals surface area contributed by atoms with Crippen molar-refractivity contribution >= 4 is 0 Å². The fourth-order valence-corrected chi connectivity index (χ4v) is 4.44. The van der Waals surface area contributed by atoms with Crippen LogP contribution in [0.2, 0.25) is 0 Å². The molecule has 2 aliphatic carbocycles. The minimum Gasteiger partial charge on any atom is -0.378 e. The van der Waals surface area contributed by atoms with Crippen molar-refractivity contribution in [2.24, 2.45) is 29.6 Å². The minimum atomic E-state index is 0.563. The fourth-order valence-electron chi connectivity index (χ4n) is 4.44. The van der Waals surface area contributed by atoms with Crippen molar-refractivity contribution in [1.29, 1.82) is 0 Å². The number of fused-ring (bicyclic) bond motifs is 3. The van der Waals surface area contributed by atoms with Crippen LogP contribution in [-0.2, 0) is 4.74 Å². The highest BCUT2D eigenvalue weighted by Crippen LogP contribution is 2.51. The fraction of sp³-hybridized carbons (Fsp3) is 0.867. The lowest BCUT2D eigenvalue weighted by molar-refractivity contribution is -0.00154. The normalized spacial score (nSPS) is 51.8. The first-order valence-electron chi connectivity index (χ1n) is 6.95. The summed E-state index contributed by atoms with van der Waals surface area (Å²) in [6, 6.07) is 0. The van der Waals surface area contributed by atoms with Gasteiger partial charge in [-0.3, -0.25) is 0 Å².